The molecule has 0 bridgehead atoms. The fraction of sp³-hybridized carbons (Fsp3) is 0.467. The molecule has 1 N–H and O–H groups in total. The number of imidazole rings is 1. The van der Waals surface area contributed by atoms with Crippen LogP contribution in [0.3, 0.4) is 0 Å². The summed E-state index contributed by atoms with van der Waals surface area (Å²) in [6.45, 7) is 14.3. The molecule has 1 aliphatic heterocycles. The van der Waals surface area contributed by atoms with E-state index >= 15 is 0 Å². The van der Waals surface area contributed by atoms with Gasteiger partial charge in [0.1, 0.15) is 11.4 Å². The van der Waals surface area contributed by atoms with Crippen molar-refractivity contribution in [2.24, 2.45) is 0 Å². The number of amides is 1. The molecule has 1 aliphatic rings. The highest BCUT2D eigenvalue weighted by Crippen LogP contribution is 2.21. The van der Waals surface area contributed by atoms with Crippen LogP contribution in [0.15, 0.2) is 19.2 Å². The lowest BCUT2D eigenvalue weighted by molar-refractivity contribution is 0.0221. The van der Waals surface area contributed by atoms with Crippen LogP contribution in [0, 0.1) is 0 Å². The predicted octanol–water partition coefficient (Wildman–Crippen LogP) is 2.90. The average molecular weight is 275 g/mol. The topological polar surface area (TPSA) is 58.2 Å². The molecule has 0 fully saturated rings. The zero-order valence-corrected chi connectivity index (χ0v) is 12.3. The molecule has 108 valence electrons. The number of H-pyrrole nitrogens is 1. The minimum absolute atomic E-state index is 0.290. The Hall–Kier alpha value is -2.04. The predicted molar refractivity (Wildman–Crippen MR) is 78.2 cm³/mol. The second kappa shape index (κ2) is 5.15. The second-order valence-corrected chi connectivity index (χ2v) is 5.89. The number of nitrogens with zero attached hydrogens (tertiary/aromatic N) is 2. The van der Waals surface area contributed by atoms with Gasteiger partial charge in [-0.05, 0) is 20.8 Å². The molecule has 0 saturated heterocycles. The minimum atomic E-state index is -0.479. The van der Waals surface area contributed by atoms with Gasteiger partial charge in [-0.1, -0.05) is 19.2 Å². The molecular formula is C15H21N3O2. The van der Waals surface area contributed by atoms with E-state index in [2.05, 4.69) is 23.1 Å². The quantitative estimate of drug-likeness (QED) is 0.844. The van der Waals surface area contributed by atoms with E-state index in [9.17, 15) is 4.79 Å². The summed E-state index contributed by atoms with van der Waals surface area (Å²) in [5.74, 6) is 0.719. The van der Waals surface area contributed by atoms with Crippen LogP contribution in [-0.4, -0.2) is 33.1 Å². The van der Waals surface area contributed by atoms with Crippen LogP contribution in [0.1, 0.15) is 38.0 Å². The van der Waals surface area contributed by atoms with Gasteiger partial charge >= 0.3 is 6.09 Å². The molecule has 1 aromatic heterocycles. The number of aromatic amines is 1. The van der Waals surface area contributed by atoms with E-state index in [1.807, 2.05) is 20.8 Å². The molecule has 1 amide bonds. The fourth-order valence-corrected chi connectivity index (χ4v) is 2.02. The summed E-state index contributed by atoms with van der Waals surface area (Å²) >= 11 is 0. The fourth-order valence-electron chi connectivity index (χ4n) is 2.02. The number of carbonyl (C=O) groups excluding carboxylic acids is 1. The van der Waals surface area contributed by atoms with Gasteiger partial charge in [0.25, 0.3) is 0 Å². The molecule has 20 heavy (non-hydrogen) atoms. The number of carbonyl (C=O) groups is 1. The Labute approximate surface area is 119 Å². The van der Waals surface area contributed by atoms with E-state index in [1.54, 1.807) is 11.0 Å². The van der Waals surface area contributed by atoms with Crippen LogP contribution in [0.25, 0.3) is 5.57 Å². The van der Waals surface area contributed by atoms with Gasteiger partial charge in [-0.2, -0.15) is 0 Å². The van der Waals surface area contributed by atoms with Crippen molar-refractivity contribution in [3.8, 4) is 0 Å². The van der Waals surface area contributed by atoms with Gasteiger partial charge in [0, 0.05) is 18.5 Å². The first-order valence-corrected chi connectivity index (χ1v) is 6.67. The number of aromatic nitrogens is 2. The molecule has 0 spiro atoms. The second-order valence-electron chi connectivity index (χ2n) is 5.89. The molecule has 0 atom stereocenters. The molecular weight excluding hydrogens is 254 g/mol. The van der Waals surface area contributed by atoms with Crippen LogP contribution in [0.5, 0.6) is 0 Å². The lowest BCUT2D eigenvalue weighted by atomic mass is 10.1. The van der Waals surface area contributed by atoms with E-state index < -0.39 is 5.60 Å². The molecule has 1 aromatic rings. The highest BCUT2D eigenvalue weighted by Gasteiger charge is 2.27. The maximum atomic E-state index is 12.1. The largest absolute Gasteiger partial charge is 0.444 e. The maximum absolute atomic E-state index is 12.1. The average Bonchev–Trinajstić information content (AvgIpc) is 2.78. The number of hydrogen-bond donors (Lipinski definition) is 1. The number of hydrogen-bond acceptors (Lipinski definition) is 3. The molecule has 0 aromatic carbocycles. The standard InChI is InChI=1S/C15H21N3O2/c1-6-10(2)13-16-11-7-8-18(9-12(11)17-13)14(19)20-15(3,4)5/h6H,1-2,7-9H2,3-5H3,(H,16,17). The van der Waals surface area contributed by atoms with Crippen molar-refractivity contribution in [2.75, 3.05) is 6.54 Å². The zero-order chi connectivity index (χ0) is 14.9. The first kappa shape index (κ1) is 14.4. The molecule has 0 radical (unpaired) electrons. The molecule has 2 rings (SSSR count). The first-order valence-electron chi connectivity index (χ1n) is 6.67. The Morgan fingerprint density at radius 3 is 2.80 bits per heavy atom. The summed E-state index contributed by atoms with van der Waals surface area (Å²) in [5.41, 5.74) is 2.21. The van der Waals surface area contributed by atoms with E-state index in [1.165, 1.54) is 0 Å². The van der Waals surface area contributed by atoms with Crippen molar-refractivity contribution >= 4 is 11.7 Å². The van der Waals surface area contributed by atoms with E-state index in [0.717, 1.165) is 29.2 Å². The molecule has 5 heteroatoms. The van der Waals surface area contributed by atoms with E-state index in [0.29, 0.717) is 13.1 Å². The normalized spacial score (nSPS) is 14.7. The van der Waals surface area contributed by atoms with Crippen molar-refractivity contribution < 1.29 is 9.53 Å². The van der Waals surface area contributed by atoms with Crippen LogP contribution < -0.4 is 0 Å². The zero-order valence-electron chi connectivity index (χ0n) is 12.3. The van der Waals surface area contributed by atoms with E-state index in [4.69, 9.17) is 4.74 Å². The monoisotopic (exact) mass is 275 g/mol. The summed E-state index contributed by atoms with van der Waals surface area (Å²) in [7, 11) is 0. The van der Waals surface area contributed by atoms with Crippen molar-refractivity contribution in [1.82, 2.24) is 14.9 Å². The number of fused-ring (bicyclic) bond motifs is 1. The first-order chi connectivity index (χ1) is 9.30. The van der Waals surface area contributed by atoms with Crippen molar-refractivity contribution in [1.29, 1.82) is 0 Å². The Balaban J connectivity index is 2.11. The third-order valence-corrected chi connectivity index (χ3v) is 3.03. The number of nitrogens with one attached hydrogen (secondary N) is 1. The Kier molecular flexibility index (Phi) is 3.70. The Morgan fingerprint density at radius 1 is 1.50 bits per heavy atom. The summed E-state index contributed by atoms with van der Waals surface area (Å²) in [6, 6.07) is 0. The third kappa shape index (κ3) is 3.10. The Morgan fingerprint density at radius 2 is 2.20 bits per heavy atom. The van der Waals surface area contributed by atoms with E-state index in [-0.39, 0.29) is 6.09 Å². The number of ether oxygens (including phenoxy) is 1. The van der Waals surface area contributed by atoms with Crippen LogP contribution in [0.2, 0.25) is 0 Å². The van der Waals surface area contributed by atoms with Gasteiger partial charge < -0.3 is 14.6 Å². The van der Waals surface area contributed by atoms with Gasteiger partial charge in [-0.15, -0.1) is 0 Å². The smallest absolute Gasteiger partial charge is 0.410 e. The van der Waals surface area contributed by atoms with Gasteiger partial charge in [0.2, 0.25) is 0 Å². The van der Waals surface area contributed by atoms with Gasteiger partial charge in [0.15, 0.2) is 0 Å². The summed E-state index contributed by atoms with van der Waals surface area (Å²) in [6.07, 6.45) is 2.09. The lowest BCUT2D eigenvalue weighted by Gasteiger charge is -2.29. The SMILES string of the molecule is C=CC(=C)c1nc2c([nH]1)CN(C(=O)OC(C)(C)C)CC2. The van der Waals surface area contributed by atoms with Crippen LogP contribution in [-0.2, 0) is 17.7 Å². The summed E-state index contributed by atoms with van der Waals surface area (Å²) < 4.78 is 5.39. The number of rotatable bonds is 2. The van der Waals surface area contributed by atoms with Crippen molar-refractivity contribution in [3.63, 3.8) is 0 Å². The van der Waals surface area contributed by atoms with Crippen molar-refractivity contribution in [2.45, 2.75) is 39.3 Å². The molecule has 0 unspecified atom stereocenters. The molecule has 5 nitrogen and oxygen atoms in total. The van der Waals surface area contributed by atoms with Gasteiger partial charge in [0.05, 0.1) is 17.9 Å². The maximum Gasteiger partial charge on any atom is 0.410 e. The minimum Gasteiger partial charge on any atom is -0.444 e. The van der Waals surface area contributed by atoms with Gasteiger partial charge in [-0.3, -0.25) is 0 Å². The Bertz CT molecular complexity index is 552. The molecule has 0 aliphatic carbocycles. The van der Waals surface area contributed by atoms with Crippen LogP contribution in [0.4, 0.5) is 4.79 Å². The summed E-state index contributed by atoms with van der Waals surface area (Å²) in [5, 5.41) is 0. The van der Waals surface area contributed by atoms with Crippen molar-refractivity contribution in [3.05, 3.63) is 36.4 Å². The molecule has 0 saturated carbocycles. The van der Waals surface area contributed by atoms with Gasteiger partial charge in [-0.25, -0.2) is 9.78 Å². The molecule has 2 heterocycles. The lowest BCUT2D eigenvalue weighted by Crippen LogP contribution is -2.39. The highest BCUT2D eigenvalue weighted by molar-refractivity contribution is 5.69. The number of allylic oxidation sites excluding steroid dienone is 2. The summed E-state index contributed by atoms with van der Waals surface area (Å²) in [4.78, 5) is 21.4. The third-order valence-electron chi connectivity index (χ3n) is 3.03. The highest BCUT2D eigenvalue weighted by atomic mass is 16.6. The van der Waals surface area contributed by atoms with Crippen LogP contribution >= 0.6 is 0 Å².